The summed E-state index contributed by atoms with van der Waals surface area (Å²) in [5.74, 6) is -0.241. The van der Waals surface area contributed by atoms with Crippen LogP contribution in [0, 0.1) is 10.1 Å². The molecule has 0 heterocycles. The molecule has 3 aromatic carbocycles. The Kier molecular flexibility index (Phi) is 4.75. The van der Waals surface area contributed by atoms with Gasteiger partial charge in [-0.1, -0.05) is 60.7 Å². The van der Waals surface area contributed by atoms with Crippen LogP contribution in [-0.4, -0.2) is 10.8 Å². The number of nitro groups is 1. The maximum atomic E-state index is 12.4. The van der Waals surface area contributed by atoms with Gasteiger partial charge in [-0.25, -0.2) is 0 Å². The number of fused-ring (bicyclic) bond motifs is 1. The van der Waals surface area contributed by atoms with Crippen LogP contribution in [0.2, 0.25) is 0 Å². The molecule has 1 N–H and O–H groups in total. The van der Waals surface area contributed by atoms with Gasteiger partial charge in [-0.3, -0.25) is 14.9 Å². The highest BCUT2D eigenvalue weighted by molar-refractivity contribution is 5.87. The Morgan fingerprint density at radius 2 is 1.72 bits per heavy atom. The van der Waals surface area contributed by atoms with E-state index in [1.165, 1.54) is 6.07 Å². The van der Waals surface area contributed by atoms with E-state index in [-0.39, 0.29) is 24.1 Å². The molecule has 0 saturated carbocycles. The lowest BCUT2D eigenvalue weighted by Crippen LogP contribution is -2.28. The highest BCUT2D eigenvalue weighted by atomic mass is 16.6. The summed E-state index contributed by atoms with van der Waals surface area (Å²) in [6.07, 6.45) is -0.0216. The smallest absolute Gasteiger partial charge is 0.273 e. The fraction of sp³-hybridized carbons (Fsp3) is 0.150. The number of carbonyl (C=O) groups excluding carboxylic acids is 1. The molecule has 0 aliphatic carbocycles. The first-order valence-corrected chi connectivity index (χ1v) is 8.05. The topological polar surface area (TPSA) is 72.2 Å². The number of hydrogen-bond donors (Lipinski definition) is 1. The van der Waals surface area contributed by atoms with Gasteiger partial charge < -0.3 is 5.32 Å². The summed E-state index contributed by atoms with van der Waals surface area (Å²) in [5.41, 5.74) is 1.40. The number of nitrogens with one attached hydrogen (secondary N) is 1. The zero-order valence-corrected chi connectivity index (χ0v) is 13.8. The molecule has 5 heteroatoms. The predicted molar refractivity (Wildman–Crippen MR) is 97.3 cm³/mol. The second-order valence-electron chi connectivity index (χ2n) is 5.92. The number of para-hydroxylation sites is 1. The number of hydrogen-bond acceptors (Lipinski definition) is 3. The minimum atomic E-state index is -0.462. The molecular weight excluding hydrogens is 316 g/mol. The molecular formula is C20H18N2O3. The molecule has 25 heavy (non-hydrogen) atoms. The molecule has 5 nitrogen and oxygen atoms in total. The van der Waals surface area contributed by atoms with Crippen molar-refractivity contribution in [1.29, 1.82) is 0 Å². The van der Waals surface area contributed by atoms with E-state index >= 15 is 0 Å². The van der Waals surface area contributed by atoms with Crippen LogP contribution in [0.3, 0.4) is 0 Å². The third-order valence-corrected chi connectivity index (χ3v) is 4.21. The Labute approximate surface area is 145 Å². The summed E-state index contributed by atoms with van der Waals surface area (Å²) in [6.45, 7) is 1.92. The van der Waals surface area contributed by atoms with Crippen molar-refractivity contribution >= 4 is 22.4 Å². The molecule has 0 fully saturated rings. The van der Waals surface area contributed by atoms with Crippen molar-refractivity contribution in [3.63, 3.8) is 0 Å². The van der Waals surface area contributed by atoms with Gasteiger partial charge >= 0.3 is 0 Å². The fourth-order valence-electron chi connectivity index (χ4n) is 3.01. The highest BCUT2D eigenvalue weighted by Crippen LogP contribution is 2.24. The monoisotopic (exact) mass is 334 g/mol. The number of amides is 1. The summed E-state index contributed by atoms with van der Waals surface area (Å²) in [5, 5.41) is 16.2. The SMILES string of the molecule is CC(NC(=O)Cc1ccccc1[N+](=O)[O-])c1cccc2ccccc12. The number of carbonyl (C=O) groups is 1. The van der Waals surface area contributed by atoms with Crippen molar-refractivity contribution in [3.8, 4) is 0 Å². The average molecular weight is 334 g/mol. The van der Waals surface area contributed by atoms with Crippen molar-refractivity contribution in [2.45, 2.75) is 19.4 Å². The summed E-state index contributed by atoms with van der Waals surface area (Å²) in [7, 11) is 0. The zero-order chi connectivity index (χ0) is 17.8. The Hall–Kier alpha value is -3.21. The first-order chi connectivity index (χ1) is 12.1. The number of rotatable bonds is 5. The van der Waals surface area contributed by atoms with Crippen molar-refractivity contribution in [2.75, 3.05) is 0 Å². The van der Waals surface area contributed by atoms with Gasteiger partial charge in [0.2, 0.25) is 5.91 Å². The van der Waals surface area contributed by atoms with Crippen LogP contribution in [0.1, 0.15) is 24.1 Å². The molecule has 0 bridgehead atoms. The van der Waals surface area contributed by atoms with Crippen LogP contribution in [0.5, 0.6) is 0 Å². The van der Waals surface area contributed by atoms with Gasteiger partial charge in [-0.15, -0.1) is 0 Å². The molecule has 126 valence electrons. The highest BCUT2D eigenvalue weighted by Gasteiger charge is 2.17. The van der Waals surface area contributed by atoms with E-state index in [0.717, 1.165) is 16.3 Å². The van der Waals surface area contributed by atoms with E-state index in [1.807, 2.05) is 49.4 Å². The molecule has 0 aliphatic heterocycles. The second-order valence-corrected chi connectivity index (χ2v) is 5.92. The molecule has 0 aromatic heterocycles. The van der Waals surface area contributed by atoms with Crippen molar-refractivity contribution in [2.24, 2.45) is 0 Å². The van der Waals surface area contributed by atoms with Gasteiger partial charge in [-0.2, -0.15) is 0 Å². The Balaban J connectivity index is 1.78. The summed E-state index contributed by atoms with van der Waals surface area (Å²) < 4.78 is 0. The van der Waals surface area contributed by atoms with Crippen LogP contribution in [0.25, 0.3) is 10.8 Å². The van der Waals surface area contributed by atoms with Gasteiger partial charge in [0, 0.05) is 11.6 Å². The van der Waals surface area contributed by atoms with Crippen LogP contribution >= 0.6 is 0 Å². The van der Waals surface area contributed by atoms with E-state index < -0.39 is 4.92 Å². The van der Waals surface area contributed by atoms with E-state index in [9.17, 15) is 14.9 Å². The Morgan fingerprint density at radius 1 is 1.04 bits per heavy atom. The first-order valence-electron chi connectivity index (χ1n) is 8.05. The van der Waals surface area contributed by atoms with Gasteiger partial charge in [-0.05, 0) is 23.3 Å². The van der Waals surface area contributed by atoms with Crippen molar-refractivity contribution in [1.82, 2.24) is 5.32 Å². The van der Waals surface area contributed by atoms with Crippen LogP contribution in [0.15, 0.2) is 66.7 Å². The third-order valence-electron chi connectivity index (χ3n) is 4.21. The summed E-state index contributed by atoms with van der Waals surface area (Å²) in [4.78, 5) is 23.0. The minimum absolute atomic E-state index is 0.0216. The molecule has 0 saturated heterocycles. The molecule has 3 aromatic rings. The van der Waals surface area contributed by atoms with E-state index in [0.29, 0.717) is 5.56 Å². The molecule has 1 amide bonds. The summed E-state index contributed by atoms with van der Waals surface area (Å²) in [6, 6.07) is 20.1. The zero-order valence-electron chi connectivity index (χ0n) is 13.8. The number of nitro benzene ring substituents is 1. The lowest BCUT2D eigenvalue weighted by Gasteiger charge is -2.16. The molecule has 0 spiro atoms. The van der Waals surface area contributed by atoms with Gasteiger partial charge in [0.1, 0.15) is 0 Å². The van der Waals surface area contributed by atoms with Gasteiger partial charge in [0.15, 0.2) is 0 Å². The normalized spacial score (nSPS) is 11.9. The lowest BCUT2D eigenvalue weighted by molar-refractivity contribution is -0.385. The van der Waals surface area contributed by atoms with E-state index in [2.05, 4.69) is 5.32 Å². The standard InChI is InChI=1S/C20H18N2O3/c1-14(17-11-6-9-15-7-2-4-10-18(15)17)21-20(23)13-16-8-3-5-12-19(16)22(24)25/h2-12,14H,13H2,1H3,(H,21,23). The maximum absolute atomic E-state index is 12.4. The van der Waals surface area contributed by atoms with Crippen LogP contribution in [0.4, 0.5) is 5.69 Å². The minimum Gasteiger partial charge on any atom is -0.349 e. The van der Waals surface area contributed by atoms with E-state index in [1.54, 1.807) is 18.2 Å². The quantitative estimate of drug-likeness (QED) is 0.562. The lowest BCUT2D eigenvalue weighted by atomic mass is 9.99. The predicted octanol–water partition coefficient (Wildman–Crippen LogP) is 4.17. The molecule has 1 unspecified atom stereocenters. The first kappa shape index (κ1) is 16.6. The van der Waals surface area contributed by atoms with Gasteiger partial charge in [0.25, 0.3) is 5.69 Å². The number of benzene rings is 3. The molecule has 0 aliphatic rings. The Morgan fingerprint density at radius 3 is 2.52 bits per heavy atom. The Bertz CT molecular complexity index is 932. The average Bonchev–Trinajstić information content (AvgIpc) is 2.61. The largest absolute Gasteiger partial charge is 0.349 e. The fourth-order valence-corrected chi connectivity index (χ4v) is 3.01. The second kappa shape index (κ2) is 7.13. The molecule has 1 atom stereocenters. The maximum Gasteiger partial charge on any atom is 0.273 e. The van der Waals surface area contributed by atoms with Crippen LogP contribution in [-0.2, 0) is 11.2 Å². The van der Waals surface area contributed by atoms with Crippen molar-refractivity contribution in [3.05, 3.63) is 88.0 Å². The summed E-state index contributed by atoms with van der Waals surface area (Å²) >= 11 is 0. The van der Waals surface area contributed by atoms with Gasteiger partial charge in [0.05, 0.1) is 17.4 Å². The molecule has 3 rings (SSSR count). The number of nitrogens with zero attached hydrogens (tertiary/aromatic N) is 1. The van der Waals surface area contributed by atoms with Crippen molar-refractivity contribution < 1.29 is 9.72 Å². The third kappa shape index (κ3) is 3.66. The van der Waals surface area contributed by atoms with E-state index in [4.69, 9.17) is 0 Å². The molecule has 0 radical (unpaired) electrons. The van der Waals surface area contributed by atoms with Crippen LogP contribution < -0.4 is 5.32 Å².